The Morgan fingerprint density at radius 3 is 3.06 bits per heavy atom. The van der Waals surface area contributed by atoms with E-state index in [0.717, 1.165) is 12.1 Å². The number of carboxylic acid groups (broad SMARTS) is 1. The van der Waals surface area contributed by atoms with Crippen molar-refractivity contribution in [2.75, 3.05) is 27.4 Å². The van der Waals surface area contributed by atoms with Gasteiger partial charge in [-0.25, -0.2) is 4.79 Å². The molecule has 0 aromatic heterocycles. The number of fused-ring (bicyclic) bond motifs is 1. The Balaban J connectivity index is 2.23. The molecule has 0 radical (unpaired) electrons. The van der Waals surface area contributed by atoms with Crippen LogP contribution in [-0.4, -0.2) is 49.4 Å². The lowest BCUT2D eigenvalue weighted by Crippen LogP contribution is -2.37. The largest absolute Gasteiger partial charge is 0.492 e. The van der Waals surface area contributed by atoms with E-state index in [9.17, 15) is 4.79 Å². The molecule has 2 rings (SSSR count). The summed E-state index contributed by atoms with van der Waals surface area (Å²) in [4.78, 5) is 13.1. The molecule has 1 aliphatic heterocycles. The highest BCUT2D eigenvalue weighted by molar-refractivity contribution is 5.88. The van der Waals surface area contributed by atoms with Crippen LogP contribution in [-0.2, 0) is 11.3 Å². The van der Waals surface area contributed by atoms with Crippen molar-refractivity contribution in [2.24, 2.45) is 0 Å². The lowest BCUT2D eigenvalue weighted by Gasteiger charge is -2.23. The predicted molar refractivity (Wildman–Crippen MR) is 66.0 cm³/mol. The molecule has 5 nitrogen and oxygen atoms in total. The summed E-state index contributed by atoms with van der Waals surface area (Å²) in [6, 6.07) is 5.18. The van der Waals surface area contributed by atoms with Gasteiger partial charge in [0, 0.05) is 19.2 Å². The summed E-state index contributed by atoms with van der Waals surface area (Å²) in [6.07, 6.45) is 0. The van der Waals surface area contributed by atoms with Crippen molar-refractivity contribution < 1.29 is 19.4 Å². The van der Waals surface area contributed by atoms with Gasteiger partial charge in [0.25, 0.3) is 0 Å². The fourth-order valence-corrected chi connectivity index (χ4v) is 2.03. The second-order valence-corrected chi connectivity index (χ2v) is 4.46. The third kappa shape index (κ3) is 2.63. The average Bonchev–Trinajstić information content (AvgIpc) is 2.49. The molecular formula is C13H17NO4. The van der Waals surface area contributed by atoms with Crippen molar-refractivity contribution in [2.45, 2.75) is 12.6 Å². The molecule has 0 amide bonds. The third-order valence-electron chi connectivity index (χ3n) is 3.15. The molecule has 0 spiro atoms. The molecule has 18 heavy (non-hydrogen) atoms. The molecule has 0 saturated heterocycles. The Morgan fingerprint density at radius 1 is 1.61 bits per heavy atom. The minimum absolute atomic E-state index is 0.177. The monoisotopic (exact) mass is 251 g/mol. The molecule has 98 valence electrons. The lowest BCUT2D eigenvalue weighted by molar-refractivity contribution is 0.0695. The van der Waals surface area contributed by atoms with Crippen LogP contribution in [0, 0.1) is 0 Å². The highest BCUT2D eigenvalue weighted by Gasteiger charge is 2.22. The fraction of sp³-hybridized carbons (Fsp3) is 0.462. The summed E-state index contributed by atoms with van der Waals surface area (Å²) in [5.74, 6) is -0.284. The number of benzene rings is 1. The molecule has 1 aliphatic rings. The molecule has 0 unspecified atom stereocenters. The molecule has 0 bridgehead atoms. The summed E-state index contributed by atoms with van der Waals surface area (Å²) >= 11 is 0. The molecule has 5 heteroatoms. The average molecular weight is 251 g/mol. The topological polar surface area (TPSA) is 59.0 Å². The smallest absolute Gasteiger partial charge is 0.335 e. The van der Waals surface area contributed by atoms with Crippen LogP contribution in [0.25, 0.3) is 0 Å². The normalized spacial score (nSPS) is 19.8. The van der Waals surface area contributed by atoms with Crippen LogP contribution in [0.2, 0.25) is 0 Å². The summed E-state index contributed by atoms with van der Waals surface area (Å²) < 4.78 is 10.8. The van der Waals surface area contributed by atoms with Crippen LogP contribution in [0.1, 0.15) is 15.9 Å². The van der Waals surface area contributed by atoms with Gasteiger partial charge >= 0.3 is 5.97 Å². The van der Waals surface area contributed by atoms with E-state index in [2.05, 4.69) is 4.90 Å². The number of nitrogens with zero attached hydrogens (tertiary/aromatic N) is 1. The van der Waals surface area contributed by atoms with Gasteiger partial charge in [0.15, 0.2) is 0 Å². The fourth-order valence-electron chi connectivity index (χ4n) is 2.03. The maximum Gasteiger partial charge on any atom is 0.335 e. The number of rotatable bonds is 3. The van der Waals surface area contributed by atoms with Gasteiger partial charge in [-0.2, -0.15) is 0 Å². The highest BCUT2D eigenvalue weighted by atomic mass is 16.5. The van der Waals surface area contributed by atoms with Crippen molar-refractivity contribution in [1.82, 2.24) is 4.90 Å². The Kier molecular flexibility index (Phi) is 3.84. The standard InChI is InChI=1S/C13H17NO4/c1-14-6-10-4-3-9(13(15)16)5-12(10)18-8-11(14)7-17-2/h3-5,11H,6-8H2,1-2H3,(H,15,16)/t11-/m0/s1. The van der Waals surface area contributed by atoms with Crippen LogP contribution in [0.3, 0.4) is 0 Å². The molecule has 0 saturated carbocycles. The maximum absolute atomic E-state index is 10.9. The second kappa shape index (κ2) is 5.37. The maximum atomic E-state index is 10.9. The van der Waals surface area contributed by atoms with Crippen LogP contribution in [0.15, 0.2) is 18.2 Å². The van der Waals surface area contributed by atoms with Crippen molar-refractivity contribution in [1.29, 1.82) is 0 Å². The molecule has 1 atom stereocenters. The minimum Gasteiger partial charge on any atom is -0.492 e. The minimum atomic E-state index is -0.938. The Morgan fingerprint density at radius 2 is 2.39 bits per heavy atom. The van der Waals surface area contributed by atoms with Crippen molar-refractivity contribution in [3.05, 3.63) is 29.3 Å². The summed E-state index contributed by atoms with van der Waals surface area (Å²) in [6.45, 7) is 1.82. The van der Waals surface area contributed by atoms with Gasteiger partial charge in [-0.1, -0.05) is 6.07 Å². The van der Waals surface area contributed by atoms with E-state index in [1.165, 1.54) is 0 Å². The zero-order valence-corrected chi connectivity index (χ0v) is 10.5. The van der Waals surface area contributed by atoms with Gasteiger partial charge < -0.3 is 14.6 Å². The SMILES string of the molecule is COC[C@H]1COc2cc(C(=O)O)ccc2CN1C. The number of hydrogen-bond acceptors (Lipinski definition) is 4. The van der Waals surface area contributed by atoms with E-state index in [0.29, 0.717) is 19.0 Å². The van der Waals surface area contributed by atoms with Crippen LogP contribution in [0.5, 0.6) is 5.75 Å². The Labute approximate surface area is 106 Å². The van der Waals surface area contributed by atoms with E-state index < -0.39 is 5.97 Å². The Bertz CT molecular complexity index is 447. The molecule has 1 N–H and O–H groups in total. The first-order valence-corrected chi connectivity index (χ1v) is 5.80. The van der Waals surface area contributed by atoms with Crippen molar-refractivity contribution in [3.8, 4) is 5.75 Å². The molecule has 0 fully saturated rings. The number of carboxylic acids is 1. The van der Waals surface area contributed by atoms with Crippen LogP contribution < -0.4 is 4.74 Å². The zero-order valence-electron chi connectivity index (χ0n) is 10.5. The molecule has 1 aromatic rings. The van der Waals surface area contributed by atoms with E-state index in [1.807, 2.05) is 13.1 Å². The molecule has 1 aromatic carbocycles. The second-order valence-electron chi connectivity index (χ2n) is 4.46. The quantitative estimate of drug-likeness (QED) is 0.875. The molecule has 0 aliphatic carbocycles. The van der Waals surface area contributed by atoms with E-state index >= 15 is 0 Å². The zero-order chi connectivity index (χ0) is 13.1. The summed E-state index contributed by atoms with van der Waals surface area (Å²) in [5.41, 5.74) is 1.25. The van der Waals surface area contributed by atoms with Gasteiger partial charge in [0.1, 0.15) is 12.4 Å². The van der Waals surface area contributed by atoms with Crippen molar-refractivity contribution >= 4 is 5.97 Å². The van der Waals surface area contributed by atoms with Gasteiger partial charge in [-0.15, -0.1) is 0 Å². The van der Waals surface area contributed by atoms with E-state index in [4.69, 9.17) is 14.6 Å². The van der Waals surface area contributed by atoms with E-state index in [-0.39, 0.29) is 11.6 Å². The van der Waals surface area contributed by atoms with Gasteiger partial charge in [0.2, 0.25) is 0 Å². The number of carbonyl (C=O) groups is 1. The highest BCUT2D eigenvalue weighted by Crippen LogP contribution is 2.25. The molecule has 1 heterocycles. The van der Waals surface area contributed by atoms with Crippen LogP contribution >= 0.6 is 0 Å². The number of aromatic carboxylic acids is 1. The van der Waals surface area contributed by atoms with E-state index in [1.54, 1.807) is 19.2 Å². The van der Waals surface area contributed by atoms with Gasteiger partial charge in [0.05, 0.1) is 18.2 Å². The molecular weight excluding hydrogens is 234 g/mol. The van der Waals surface area contributed by atoms with Gasteiger partial charge in [-0.05, 0) is 19.2 Å². The van der Waals surface area contributed by atoms with Crippen molar-refractivity contribution in [3.63, 3.8) is 0 Å². The first-order chi connectivity index (χ1) is 8.61. The number of likely N-dealkylation sites (N-methyl/N-ethyl adjacent to an activating group) is 1. The third-order valence-corrected chi connectivity index (χ3v) is 3.15. The first-order valence-electron chi connectivity index (χ1n) is 5.80. The Hall–Kier alpha value is -1.59. The lowest BCUT2D eigenvalue weighted by atomic mass is 10.1. The number of methoxy groups -OCH3 is 1. The van der Waals surface area contributed by atoms with Crippen LogP contribution in [0.4, 0.5) is 0 Å². The van der Waals surface area contributed by atoms with Gasteiger partial charge in [-0.3, -0.25) is 4.90 Å². The number of ether oxygens (including phenoxy) is 2. The summed E-state index contributed by atoms with van der Waals surface area (Å²) in [5, 5.41) is 8.96. The summed E-state index contributed by atoms with van der Waals surface area (Å²) in [7, 11) is 3.67. The predicted octanol–water partition coefficient (Wildman–Crippen LogP) is 1.22. The number of hydrogen-bond donors (Lipinski definition) is 1. The first kappa shape index (κ1) is 12.9.